The van der Waals surface area contributed by atoms with Crippen LogP contribution in [0.25, 0.3) is 0 Å². The summed E-state index contributed by atoms with van der Waals surface area (Å²) in [7, 11) is -3.30. The van der Waals surface area contributed by atoms with Crippen molar-refractivity contribution in [1.82, 2.24) is 10.2 Å². The lowest BCUT2D eigenvalue weighted by Crippen LogP contribution is -2.52. The first-order valence-electron chi connectivity index (χ1n) is 11.1. The molecule has 3 rings (SSSR count). The Morgan fingerprint density at radius 1 is 1.17 bits per heavy atom. The average molecular weight is 438 g/mol. The van der Waals surface area contributed by atoms with E-state index in [1.807, 2.05) is 6.07 Å². The summed E-state index contributed by atoms with van der Waals surface area (Å²) in [4.78, 5) is 15.4. The highest BCUT2D eigenvalue weighted by Crippen LogP contribution is 2.30. The molecule has 1 fully saturated rings. The molecular formula is C22H35N3O4S. The number of aryl methyl sites for hydroxylation is 1. The van der Waals surface area contributed by atoms with Gasteiger partial charge in [0, 0.05) is 37.8 Å². The quantitative estimate of drug-likeness (QED) is 0.675. The van der Waals surface area contributed by atoms with Gasteiger partial charge in [-0.1, -0.05) is 26.7 Å². The summed E-state index contributed by atoms with van der Waals surface area (Å²) >= 11 is 0. The van der Waals surface area contributed by atoms with Crippen molar-refractivity contribution in [1.29, 1.82) is 0 Å². The van der Waals surface area contributed by atoms with Gasteiger partial charge in [-0.05, 0) is 42.5 Å². The fourth-order valence-corrected chi connectivity index (χ4v) is 5.68. The van der Waals surface area contributed by atoms with Gasteiger partial charge in [0.25, 0.3) is 5.91 Å². The van der Waals surface area contributed by atoms with Crippen LogP contribution in [0.2, 0.25) is 0 Å². The third kappa shape index (κ3) is 5.34. The standard InChI is InChI=1S/C22H35N3O4S/c1-4-17(5-2)21(24-11-13-29-14-12-24)16-23-22(26)19-8-9-20-18(15-19)7-6-10-25(20)30(3,27)28/h8-9,15,17,21H,4-7,10-14,16H2,1-3H3,(H,23,26)/t21-/m0/s1. The number of hydrogen-bond donors (Lipinski definition) is 1. The van der Waals surface area contributed by atoms with E-state index in [1.165, 1.54) is 10.6 Å². The molecule has 1 aromatic carbocycles. The number of carbonyl (C=O) groups excluding carboxylic acids is 1. The minimum absolute atomic E-state index is 0.0986. The van der Waals surface area contributed by atoms with Crippen molar-refractivity contribution in [3.8, 4) is 0 Å². The van der Waals surface area contributed by atoms with Gasteiger partial charge in [0.15, 0.2) is 0 Å². The van der Waals surface area contributed by atoms with Crippen LogP contribution >= 0.6 is 0 Å². The molecule has 2 heterocycles. The van der Waals surface area contributed by atoms with Crippen LogP contribution in [0.1, 0.15) is 49.0 Å². The summed E-state index contributed by atoms with van der Waals surface area (Å²) in [6, 6.07) is 5.65. The number of amides is 1. The Morgan fingerprint density at radius 3 is 2.50 bits per heavy atom. The summed E-state index contributed by atoms with van der Waals surface area (Å²) in [5.41, 5.74) is 2.21. The fraction of sp³-hybridized carbons (Fsp3) is 0.682. The molecule has 7 nitrogen and oxygen atoms in total. The molecule has 1 N–H and O–H groups in total. The van der Waals surface area contributed by atoms with Crippen molar-refractivity contribution < 1.29 is 17.9 Å². The van der Waals surface area contributed by atoms with Gasteiger partial charge in [0.1, 0.15) is 0 Å². The molecule has 1 saturated heterocycles. The largest absolute Gasteiger partial charge is 0.379 e. The number of nitrogens with zero attached hydrogens (tertiary/aromatic N) is 2. The smallest absolute Gasteiger partial charge is 0.251 e. The molecule has 30 heavy (non-hydrogen) atoms. The van der Waals surface area contributed by atoms with E-state index in [9.17, 15) is 13.2 Å². The molecule has 0 bridgehead atoms. The highest BCUT2D eigenvalue weighted by Gasteiger charge is 2.28. The Morgan fingerprint density at radius 2 is 1.87 bits per heavy atom. The second-order valence-corrected chi connectivity index (χ2v) is 10.2. The summed E-state index contributed by atoms with van der Waals surface area (Å²) in [6.45, 7) is 8.81. The van der Waals surface area contributed by atoms with Crippen molar-refractivity contribution in [3.63, 3.8) is 0 Å². The van der Waals surface area contributed by atoms with Gasteiger partial charge in [-0.2, -0.15) is 0 Å². The monoisotopic (exact) mass is 437 g/mol. The molecular weight excluding hydrogens is 402 g/mol. The Hall–Kier alpha value is -1.64. The lowest BCUT2D eigenvalue weighted by molar-refractivity contribution is 0.00191. The number of sulfonamides is 1. The van der Waals surface area contributed by atoms with E-state index in [2.05, 4.69) is 24.1 Å². The Bertz CT molecular complexity index is 833. The van der Waals surface area contributed by atoms with E-state index in [0.29, 0.717) is 36.3 Å². The minimum atomic E-state index is -3.30. The molecule has 0 aliphatic carbocycles. The molecule has 1 aromatic rings. The topological polar surface area (TPSA) is 79.0 Å². The summed E-state index contributed by atoms with van der Waals surface area (Å²) in [5, 5.41) is 3.14. The van der Waals surface area contributed by atoms with Gasteiger partial charge in [0.2, 0.25) is 10.0 Å². The maximum absolute atomic E-state index is 12.9. The van der Waals surface area contributed by atoms with Crippen molar-refractivity contribution in [2.75, 3.05) is 50.0 Å². The number of ether oxygens (including phenoxy) is 1. The Kier molecular flexibility index (Phi) is 7.76. The SMILES string of the molecule is CCC(CC)[C@H](CNC(=O)c1ccc2c(c1)CCCN2S(C)(=O)=O)N1CCOCC1. The molecule has 0 radical (unpaired) electrons. The number of morpholine rings is 1. The van der Waals surface area contributed by atoms with Crippen LogP contribution in [0, 0.1) is 5.92 Å². The highest BCUT2D eigenvalue weighted by atomic mass is 32.2. The number of hydrogen-bond acceptors (Lipinski definition) is 5. The lowest BCUT2D eigenvalue weighted by Gasteiger charge is -2.38. The maximum atomic E-state index is 12.9. The average Bonchev–Trinajstić information content (AvgIpc) is 2.75. The lowest BCUT2D eigenvalue weighted by atomic mass is 9.92. The van der Waals surface area contributed by atoms with E-state index in [4.69, 9.17) is 4.74 Å². The number of fused-ring (bicyclic) bond motifs is 1. The van der Waals surface area contributed by atoms with Crippen LogP contribution in [-0.2, 0) is 21.2 Å². The molecule has 168 valence electrons. The molecule has 1 amide bonds. The van der Waals surface area contributed by atoms with Crippen LogP contribution in [0.15, 0.2) is 18.2 Å². The molecule has 0 saturated carbocycles. The van der Waals surface area contributed by atoms with E-state index in [1.54, 1.807) is 12.1 Å². The van der Waals surface area contributed by atoms with Gasteiger partial charge in [0.05, 0.1) is 25.2 Å². The molecule has 0 unspecified atom stereocenters. The first-order chi connectivity index (χ1) is 14.3. The predicted molar refractivity (Wildman–Crippen MR) is 120 cm³/mol. The van der Waals surface area contributed by atoms with Crippen LogP contribution in [-0.4, -0.2) is 70.9 Å². The third-order valence-electron chi connectivity index (χ3n) is 6.40. The molecule has 0 aromatic heterocycles. The van der Waals surface area contributed by atoms with Gasteiger partial charge >= 0.3 is 0 Å². The third-order valence-corrected chi connectivity index (χ3v) is 7.58. The maximum Gasteiger partial charge on any atom is 0.251 e. The molecule has 2 aliphatic rings. The summed E-state index contributed by atoms with van der Waals surface area (Å²) in [6.07, 6.45) is 4.93. The van der Waals surface area contributed by atoms with Gasteiger partial charge in [-0.25, -0.2) is 8.42 Å². The minimum Gasteiger partial charge on any atom is -0.379 e. The predicted octanol–water partition coefficient (Wildman–Crippen LogP) is 2.27. The summed E-state index contributed by atoms with van der Waals surface area (Å²) in [5.74, 6) is 0.425. The van der Waals surface area contributed by atoms with Gasteiger partial charge in [-0.3, -0.25) is 14.0 Å². The normalized spacial score (nSPS) is 18.9. The van der Waals surface area contributed by atoms with Crippen LogP contribution in [0.3, 0.4) is 0 Å². The van der Waals surface area contributed by atoms with Crippen molar-refractivity contribution >= 4 is 21.6 Å². The van der Waals surface area contributed by atoms with E-state index in [0.717, 1.165) is 57.6 Å². The van der Waals surface area contributed by atoms with Gasteiger partial charge in [-0.15, -0.1) is 0 Å². The fourth-order valence-electron chi connectivity index (χ4n) is 4.68. The van der Waals surface area contributed by atoms with Crippen LogP contribution < -0.4 is 9.62 Å². The number of anilines is 1. The first-order valence-corrected chi connectivity index (χ1v) is 12.9. The molecule has 8 heteroatoms. The second kappa shape index (κ2) is 10.1. The molecule has 2 aliphatic heterocycles. The van der Waals surface area contributed by atoms with Crippen LogP contribution in [0.5, 0.6) is 0 Å². The molecule has 0 spiro atoms. The summed E-state index contributed by atoms with van der Waals surface area (Å²) < 4.78 is 31.0. The van der Waals surface area contributed by atoms with E-state index >= 15 is 0 Å². The second-order valence-electron chi connectivity index (χ2n) is 8.28. The Balaban J connectivity index is 1.71. The van der Waals surface area contributed by atoms with Crippen molar-refractivity contribution in [2.24, 2.45) is 5.92 Å². The van der Waals surface area contributed by atoms with Crippen molar-refractivity contribution in [3.05, 3.63) is 29.3 Å². The zero-order valence-corrected chi connectivity index (χ0v) is 19.2. The molecule has 1 atom stereocenters. The number of rotatable bonds is 8. The van der Waals surface area contributed by atoms with Crippen LogP contribution in [0.4, 0.5) is 5.69 Å². The zero-order valence-electron chi connectivity index (χ0n) is 18.4. The van der Waals surface area contributed by atoms with Crippen molar-refractivity contribution in [2.45, 2.75) is 45.6 Å². The number of nitrogens with one attached hydrogen (secondary N) is 1. The number of carbonyl (C=O) groups is 1. The highest BCUT2D eigenvalue weighted by molar-refractivity contribution is 7.92. The van der Waals surface area contributed by atoms with Gasteiger partial charge < -0.3 is 10.1 Å². The van der Waals surface area contributed by atoms with E-state index < -0.39 is 10.0 Å². The zero-order chi connectivity index (χ0) is 21.7. The first kappa shape index (κ1) is 23.0. The Labute approximate surface area is 180 Å². The van der Waals surface area contributed by atoms with E-state index in [-0.39, 0.29) is 5.91 Å². The number of benzene rings is 1.